The average molecular weight is 463 g/mol. The molecule has 3 rings (SSSR count). The van der Waals surface area contributed by atoms with E-state index in [4.69, 9.17) is 31.5 Å². The van der Waals surface area contributed by atoms with Crippen molar-refractivity contribution in [1.82, 2.24) is 4.90 Å². The van der Waals surface area contributed by atoms with Crippen molar-refractivity contribution in [2.24, 2.45) is 5.73 Å². The Morgan fingerprint density at radius 2 is 1.87 bits per heavy atom. The average Bonchev–Trinajstić information content (AvgIpc) is 3.00. The number of ether oxygens (including phenoxy) is 3. The third-order valence-corrected chi connectivity index (χ3v) is 5.29. The van der Waals surface area contributed by atoms with Crippen molar-refractivity contribution in [1.29, 1.82) is 0 Å². The van der Waals surface area contributed by atoms with Crippen LogP contribution in [0.1, 0.15) is 5.56 Å². The van der Waals surface area contributed by atoms with Crippen LogP contribution in [0.5, 0.6) is 17.2 Å². The van der Waals surface area contributed by atoms with Crippen LogP contribution < -0.4 is 19.9 Å². The molecule has 1 saturated heterocycles. The van der Waals surface area contributed by atoms with Gasteiger partial charge >= 0.3 is 0 Å². The Morgan fingerprint density at radius 3 is 2.58 bits per heavy atom. The second-order valence-electron chi connectivity index (χ2n) is 6.27. The maximum atomic E-state index is 12.7. The summed E-state index contributed by atoms with van der Waals surface area (Å²) in [6.07, 6.45) is 1.49. The largest absolute Gasteiger partial charge is 0.493 e. The first-order valence-electron chi connectivity index (χ1n) is 9.11. The van der Waals surface area contributed by atoms with Gasteiger partial charge in [0.05, 0.1) is 18.6 Å². The Morgan fingerprint density at radius 1 is 1.13 bits per heavy atom. The van der Waals surface area contributed by atoms with Crippen molar-refractivity contribution < 1.29 is 28.6 Å². The highest BCUT2D eigenvalue weighted by atomic mass is 35.5. The highest BCUT2D eigenvalue weighted by Crippen LogP contribution is 2.35. The fraction of sp³-hybridized carbons (Fsp3) is 0.190. The number of nitrogens with zero attached hydrogens (tertiary/aromatic N) is 1. The van der Waals surface area contributed by atoms with Crippen LogP contribution in [0.15, 0.2) is 47.4 Å². The number of hydrogen-bond acceptors (Lipinski definition) is 7. The molecule has 0 atom stereocenters. The van der Waals surface area contributed by atoms with E-state index in [0.29, 0.717) is 27.8 Å². The number of carbonyl (C=O) groups excluding carboxylic acids is 3. The van der Waals surface area contributed by atoms with Gasteiger partial charge in [0.2, 0.25) is 0 Å². The van der Waals surface area contributed by atoms with Crippen LogP contribution in [0.2, 0.25) is 5.02 Å². The minimum atomic E-state index is -0.642. The van der Waals surface area contributed by atoms with E-state index in [1.165, 1.54) is 13.2 Å². The number of methoxy groups -OCH3 is 1. The fourth-order valence-electron chi connectivity index (χ4n) is 2.73. The summed E-state index contributed by atoms with van der Waals surface area (Å²) in [5, 5.41) is -0.0105. The topological polar surface area (TPSA) is 108 Å². The summed E-state index contributed by atoms with van der Waals surface area (Å²) in [5.41, 5.74) is 5.56. The van der Waals surface area contributed by atoms with Gasteiger partial charge in [0.25, 0.3) is 17.1 Å². The summed E-state index contributed by atoms with van der Waals surface area (Å²) in [7, 11) is 1.53. The molecule has 1 aliphatic heterocycles. The summed E-state index contributed by atoms with van der Waals surface area (Å²) in [6.45, 7) is -0.152. The third kappa shape index (κ3) is 5.71. The smallest absolute Gasteiger partial charge is 0.293 e. The number of primary amides is 1. The minimum Gasteiger partial charge on any atom is -0.493 e. The van der Waals surface area contributed by atoms with Crippen molar-refractivity contribution in [2.75, 3.05) is 26.9 Å². The molecule has 0 aliphatic carbocycles. The Bertz CT molecular complexity index is 1040. The first-order valence-corrected chi connectivity index (χ1v) is 10.3. The number of para-hydroxylation sites is 2. The molecule has 0 radical (unpaired) electrons. The molecule has 1 aliphatic rings. The number of halogens is 1. The molecule has 0 spiro atoms. The molecule has 31 heavy (non-hydrogen) atoms. The molecular formula is C21H19ClN2O6S. The zero-order valence-corrected chi connectivity index (χ0v) is 18.1. The van der Waals surface area contributed by atoms with Gasteiger partial charge < -0.3 is 19.9 Å². The summed E-state index contributed by atoms with van der Waals surface area (Å²) < 4.78 is 16.2. The highest BCUT2D eigenvalue weighted by Gasteiger charge is 2.35. The molecule has 0 aromatic heterocycles. The lowest BCUT2D eigenvalue weighted by atomic mass is 10.2. The van der Waals surface area contributed by atoms with Crippen LogP contribution >= 0.6 is 23.4 Å². The molecular weight excluding hydrogens is 444 g/mol. The van der Waals surface area contributed by atoms with Gasteiger partial charge in [0.1, 0.15) is 12.4 Å². The zero-order valence-electron chi connectivity index (χ0n) is 16.5. The maximum Gasteiger partial charge on any atom is 0.293 e. The van der Waals surface area contributed by atoms with Gasteiger partial charge in [-0.25, -0.2) is 0 Å². The molecule has 10 heteroatoms. The normalized spacial score (nSPS) is 14.8. The molecule has 2 N–H and O–H groups in total. The Hall–Kier alpha value is -3.17. The summed E-state index contributed by atoms with van der Waals surface area (Å²) in [4.78, 5) is 37.4. The number of thioether (sulfide) groups is 1. The van der Waals surface area contributed by atoms with Crippen LogP contribution in [-0.2, 0) is 9.59 Å². The van der Waals surface area contributed by atoms with Gasteiger partial charge in [-0.2, -0.15) is 0 Å². The van der Waals surface area contributed by atoms with E-state index in [1.54, 1.807) is 36.4 Å². The predicted molar refractivity (Wildman–Crippen MR) is 117 cm³/mol. The molecule has 0 saturated carbocycles. The first kappa shape index (κ1) is 22.5. The van der Waals surface area contributed by atoms with E-state index in [0.717, 1.165) is 16.7 Å². The number of amides is 3. The van der Waals surface area contributed by atoms with Crippen LogP contribution in [0, 0.1) is 0 Å². The van der Waals surface area contributed by atoms with E-state index in [1.807, 2.05) is 6.07 Å². The van der Waals surface area contributed by atoms with Gasteiger partial charge in [-0.1, -0.05) is 23.7 Å². The van der Waals surface area contributed by atoms with Gasteiger partial charge in [0.15, 0.2) is 18.1 Å². The van der Waals surface area contributed by atoms with Crippen molar-refractivity contribution in [3.63, 3.8) is 0 Å². The van der Waals surface area contributed by atoms with E-state index in [-0.39, 0.29) is 24.7 Å². The number of nitrogens with two attached hydrogens (primary N) is 1. The predicted octanol–water partition coefficient (Wildman–Crippen LogP) is 3.33. The van der Waals surface area contributed by atoms with Crippen LogP contribution in [0.25, 0.3) is 6.08 Å². The molecule has 3 amide bonds. The lowest BCUT2D eigenvalue weighted by Crippen LogP contribution is -2.32. The lowest BCUT2D eigenvalue weighted by Gasteiger charge is -2.14. The van der Waals surface area contributed by atoms with Crippen molar-refractivity contribution in [3.05, 3.63) is 58.0 Å². The molecule has 2 aromatic rings. The summed E-state index contributed by atoms with van der Waals surface area (Å²) in [5.74, 6) is 0.286. The Kier molecular flexibility index (Phi) is 7.43. The summed E-state index contributed by atoms with van der Waals surface area (Å²) in [6, 6.07) is 11.8. The highest BCUT2D eigenvalue weighted by molar-refractivity contribution is 8.18. The van der Waals surface area contributed by atoms with E-state index >= 15 is 0 Å². The molecule has 0 unspecified atom stereocenters. The second-order valence-corrected chi connectivity index (χ2v) is 7.70. The molecule has 1 heterocycles. The Labute approximate surface area is 187 Å². The SMILES string of the molecule is COc1ccccc1OCCN1C(=O)S/C(=C\c2cc(Cl)ccc2OCC(N)=O)C1=O. The van der Waals surface area contributed by atoms with Crippen LogP contribution in [0.3, 0.4) is 0 Å². The van der Waals surface area contributed by atoms with E-state index in [9.17, 15) is 14.4 Å². The number of imide groups is 1. The fourth-order valence-corrected chi connectivity index (χ4v) is 3.77. The van der Waals surface area contributed by atoms with Gasteiger partial charge in [0, 0.05) is 10.6 Å². The lowest BCUT2D eigenvalue weighted by molar-refractivity contribution is -0.123. The second kappa shape index (κ2) is 10.2. The third-order valence-electron chi connectivity index (χ3n) is 4.14. The standard InChI is InChI=1S/C21H19ClN2O6S/c1-28-16-4-2-3-5-17(16)29-9-8-24-20(26)18(31-21(24)27)11-13-10-14(22)6-7-15(13)30-12-19(23)25/h2-7,10-11H,8-9,12H2,1H3,(H2,23,25)/b18-11-. The quantitative estimate of drug-likeness (QED) is 0.569. The maximum absolute atomic E-state index is 12.7. The van der Waals surface area contributed by atoms with Gasteiger partial charge in [-0.3, -0.25) is 19.3 Å². The van der Waals surface area contributed by atoms with Gasteiger partial charge in [-0.15, -0.1) is 0 Å². The zero-order chi connectivity index (χ0) is 22.4. The van der Waals surface area contributed by atoms with Crippen LogP contribution in [-0.4, -0.2) is 48.8 Å². The molecule has 2 aromatic carbocycles. The first-order chi connectivity index (χ1) is 14.9. The van der Waals surface area contributed by atoms with Crippen LogP contribution in [0.4, 0.5) is 4.79 Å². The molecule has 1 fully saturated rings. The van der Waals surface area contributed by atoms with Crippen molar-refractivity contribution in [3.8, 4) is 17.2 Å². The van der Waals surface area contributed by atoms with Crippen molar-refractivity contribution >= 4 is 46.5 Å². The molecule has 0 bridgehead atoms. The monoisotopic (exact) mass is 462 g/mol. The number of rotatable bonds is 9. The number of carbonyl (C=O) groups is 3. The molecule has 8 nitrogen and oxygen atoms in total. The summed E-state index contributed by atoms with van der Waals surface area (Å²) >= 11 is 6.84. The number of benzene rings is 2. The van der Waals surface area contributed by atoms with Gasteiger partial charge in [-0.05, 0) is 48.2 Å². The molecule has 162 valence electrons. The minimum absolute atomic E-state index is 0.0701. The van der Waals surface area contributed by atoms with E-state index in [2.05, 4.69) is 0 Å². The Balaban J connectivity index is 1.70. The van der Waals surface area contributed by atoms with Crippen molar-refractivity contribution in [2.45, 2.75) is 0 Å². The van der Waals surface area contributed by atoms with E-state index < -0.39 is 17.1 Å². The number of hydrogen-bond donors (Lipinski definition) is 1.